The normalized spacial score (nSPS) is 13.3. The molecule has 0 nitrogen and oxygen atoms in total. The molecule has 0 bridgehead atoms. The fourth-order valence-electron chi connectivity index (χ4n) is 7.05. The monoisotopic (exact) mass is 522 g/mol. The Kier molecular flexibility index (Phi) is 5.27. The lowest BCUT2D eigenvalue weighted by atomic mass is 9.79. The summed E-state index contributed by atoms with van der Waals surface area (Å²) in [4.78, 5) is 0. The molecule has 0 radical (unpaired) electrons. The molecule has 0 unspecified atom stereocenters. The summed E-state index contributed by atoms with van der Waals surface area (Å²) in [6, 6.07) is 53.5. The van der Waals surface area contributed by atoms with E-state index in [1.165, 1.54) is 77.2 Å². The predicted octanol–water partition coefficient (Wildman–Crippen LogP) is 11.3. The Morgan fingerprint density at radius 1 is 0.341 bits per heavy atom. The molecule has 41 heavy (non-hydrogen) atoms. The van der Waals surface area contributed by atoms with Crippen molar-refractivity contribution in [2.45, 2.75) is 19.3 Å². The van der Waals surface area contributed by atoms with Gasteiger partial charge in [0.1, 0.15) is 0 Å². The van der Waals surface area contributed by atoms with E-state index < -0.39 is 0 Å². The highest BCUT2D eigenvalue weighted by molar-refractivity contribution is 6.17. The summed E-state index contributed by atoms with van der Waals surface area (Å²) in [5.74, 6) is 0. The molecule has 0 saturated heterocycles. The second-order valence-electron chi connectivity index (χ2n) is 11.7. The molecular weight excluding hydrogens is 492 g/mol. The van der Waals surface area contributed by atoms with Crippen molar-refractivity contribution in [3.63, 3.8) is 0 Å². The highest BCUT2D eigenvalue weighted by atomic mass is 14.4. The zero-order valence-corrected chi connectivity index (χ0v) is 23.4. The maximum absolute atomic E-state index is 2.46. The van der Waals surface area contributed by atoms with E-state index in [0.29, 0.717) is 0 Å². The van der Waals surface area contributed by atoms with Crippen molar-refractivity contribution >= 4 is 21.5 Å². The molecule has 0 spiro atoms. The van der Waals surface area contributed by atoms with Gasteiger partial charge in [-0.3, -0.25) is 0 Å². The van der Waals surface area contributed by atoms with Gasteiger partial charge in [0.05, 0.1) is 0 Å². The molecule has 7 aromatic carbocycles. The molecular formula is C41H30. The Balaban J connectivity index is 1.36. The molecule has 194 valence electrons. The Hall–Kier alpha value is -4.94. The van der Waals surface area contributed by atoms with E-state index in [-0.39, 0.29) is 5.41 Å². The number of benzene rings is 7. The first kappa shape index (κ1) is 23.9. The van der Waals surface area contributed by atoms with Crippen LogP contribution in [-0.4, -0.2) is 0 Å². The lowest BCUT2D eigenvalue weighted by Gasteiger charge is -2.24. The summed E-state index contributed by atoms with van der Waals surface area (Å²) in [6.07, 6.45) is 0. The molecule has 0 fully saturated rings. The number of rotatable bonds is 3. The van der Waals surface area contributed by atoms with Crippen molar-refractivity contribution < 1.29 is 0 Å². The van der Waals surface area contributed by atoms with E-state index in [1.807, 2.05) is 0 Å². The van der Waals surface area contributed by atoms with E-state index >= 15 is 0 Å². The van der Waals surface area contributed by atoms with Crippen LogP contribution in [0.5, 0.6) is 0 Å². The minimum atomic E-state index is -0.0620. The predicted molar refractivity (Wildman–Crippen MR) is 175 cm³/mol. The lowest BCUT2D eigenvalue weighted by Crippen LogP contribution is -2.15. The van der Waals surface area contributed by atoms with E-state index in [1.54, 1.807) is 0 Å². The quantitative estimate of drug-likeness (QED) is 0.202. The Bertz CT molecular complexity index is 2080. The summed E-state index contributed by atoms with van der Waals surface area (Å²) >= 11 is 0. The van der Waals surface area contributed by atoms with E-state index in [2.05, 4.69) is 159 Å². The Morgan fingerprint density at radius 3 is 1.61 bits per heavy atom. The average molecular weight is 523 g/mol. The molecule has 0 N–H and O–H groups in total. The smallest absolute Gasteiger partial charge is 0.0165 e. The van der Waals surface area contributed by atoms with Crippen LogP contribution in [0.4, 0.5) is 0 Å². The van der Waals surface area contributed by atoms with E-state index in [4.69, 9.17) is 0 Å². The zero-order valence-electron chi connectivity index (χ0n) is 23.4. The summed E-state index contributed by atoms with van der Waals surface area (Å²) in [7, 11) is 0. The minimum Gasteiger partial charge on any atom is -0.0622 e. The number of fused-ring (bicyclic) bond motifs is 7. The molecule has 0 aliphatic heterocycles. The van der Waals surface area contributed by atoms with Gasteiger partial charge in [-0.15, -0.1) is 0 Å². The second kappa shape index (κ2) is 9.04. The van der Waals surface area contributed by atoms with Gasteiger partial charge in [0.2, 0.25) is 0 Å². The van der Waals surface area contributed by atoms with Crippen LogP contribution < -0.4 is 0 Å². The highest BCUT2D eigenvalue weighted by Gasteiger charge is 2.36. The fourth-order valence-corrected chi connectivity index (χ4v) is 7.05. The zero-order chi connectivity index (χ0) is 27.6. The molecule has 7 aromatic rings. The number of hydrogen-bond donors (Lipinski definition) is 0. The molecule has 0 heterocycles. The van der Waals surface area contributed by atoms with Crippen LogP contribution in [-0.2, 0) is 5.41 Å². The first-order valence-electron chi connectivity index (χ1n) is 14.4. The van der Waals surface area contributed by atoms with Crippen LogP contribution in [0, 0.1) is 0 Å². The molecule has 8 rings (SSSR count). The van der Waals surface area contributed by atoms with Gasteiger partial charge in [0.25, 0.3) is 0 Å². The maximum Gasteiger partial charge on any atom is 0.0165 e. The van der Waals surface area contributed by atoms with E-state index in [0.717, 1.165) is 0 Å². The summed E-state index contributed by atoms with van der Waals surface area (Å²) in [5.41, 5.74) is 13.0. The van der Waals surface area contributed by atoms with E-state index in [9.17, 15) is 0 Å². The van der Waals surface area contributed by atoms with Crippen LogP contribution in [0.2, 0.25) is 0 Å². The van der Waals surface area contributed by atoms with Gasteiger partial charge in [-0.1, -0.05) is 147 Å². The van der Waals surface area contributed by atoms with Gasteiger partial charge in [0, 0.05) is 5.41 Å². The SMILES string of the molecule is CC1(C)c2ccccc2-c2ccc3c(cc(-c4ccccc4)c4cc(-c5ccc(-c6ccccc6)cc5)ccc43)c21. The van der Waals surface area contributed by atoms with Crippen molar-refractivity contribution in [3.05, 3.63) is 157 Å². The van der Waals surface area contributed by atoms with Crippen LogP contribution in [0.25, 0.3) is 66.1 Å². The largest absolute Gasteiger partial charge is 0.0622 e. The molecule has 0 atom stereocenters. The summed E-state index contributed by atoms with van der Waals surface area (Å²) in [5, 5.41) is 5.28. The molecule has 1 aliphatic rings. The third-order valence-electron chi connectivity index (χ3n) is 9.06. The van der Waals surface area contributed by atoms with Crippen molar-refractivity contribution in [2.75, 3.05) is 0 Å². The average Bonchev–Trinajstić information content (AvgIpc) is 3.28. The lowest BCUT2D eigenvalue weighted by molar-refractivity contribution is 0.666. The van der Waals surface area contributed by atoms with Gasteiger partial charge >= 0.3 is 0 Å². The maximum atomic E-state index is 2.46. The third kappa shape index (κ3) is 3.68. The summed E-state index contributed by atoms with van der Waals surface area (Å²) < 4.78 is 0. The molecule has 0 amide bonds. The summed E-state index contributed by atoms with van der Waals surface area (Å²) in [6.45, 7) is 4.76. The Labute approximate surface area is 241 Å². The molecule has 0 saturated carbocycles. The Morgan fingerprint density at radius 2 is 0.878 bits per heavy atom. The van der Waals surface area contributed by atoms with Crippen molar-refractivity contribution in [1.82, 2.24) is 0 Å². The van der Waals surface area contributed by atoms with Crippen molar-refractivity contribution in [1.29, 1.82) is 0 Å². The second-order valence-corrected chi connectivity index (χ2v) is 11.7. The first-order valence-corrected chi connectivity index (χ1v) is 14.4. The van der Waals surface area contributed by atoms with Gasteiger partial charge in [0.15, 0.2) is 0 Å². The van der Waals surface area contributed by atoms with Crippen LogP contribution in [0.1, 0.15) is 25.0 Å². The molecule has 1 aliphatic carbocycles. The van der Waals surface area contributed by atoms with Gasteiger partial charge in [-0.05, 0) is 89.3 Å². The van der Waals surface area contributed by atoms with Gasteiger partial charge < -0.3 is 0 Å². The van der Waals surface area contributed by atoms with Crippen LogP contribution >= 0.6 is 0 Å². The third-order valence-corrected chi connectivity index (χ3v) is 9.06. The molecule has 0 heteroatoms. The standard InChI is InChI=1S/C41H30/c1-41(2)39-16-10-9-15-34(39)35-24-23-33-32-22-21-31(29-19-17-28(18-20-29)27-11-5-3-6-12-27)25-37(32)36(26-38(33)40(35)41)30-13-7-4-8-14-30/h3-26H,1-2H3. The topological polar surface area (TPSA) is 0 Å². The van der Waals surface area contributed by atoms with Gasteiger partial charge in [-0.25, -0.2) is 0 Å². The highest BCUT2D eigenvalue weighted by Crippen LogP contribution is 2.52. The fraction of sp³-hybridized carbons (Fsp3) is 0.0732. The minimum absolute atomic E-state index is 0.0620. The molecule has 0 aromatic heterocycles. The van der Waals surface area contributed by atoms with Gasteiger partial charge in [-0.2, -0.15) is 0 Å². The van der Waals surface area contributed by atoms with Crippen molar-refractivity contribution in [2.24, 2.45) is 0 Å². The number of hydrogen-bond acceptors (Lipinski definition) is 0. The van der Waals surface area contributed by atoms with Crippen LogP contribution in [0.3, 0.4) is 0 Å². The van der Waals surface area contributed by atoms with Crippen molar-refractivity contribution in [3.8, 4) is 44.5 Å². The first-order chi connectivity index (χ1) is 20.1. The van der Waals surface area contributed by atoms with Crippen LogP contribution in [0.15, 0.2) is 146 Å².